The summed E-state index contributed by atoms with van der Waals surface area (Å²) in [6.07, 6.45) is 20.2. The fraction of sp³-hybridized carbons (Fsp3) is 0.710. The highest BCUT2D eigenvalue weighted by molar-refractivity contribution is 5.80. The summed E-state index contributed by atoms with van der Waals surface area (Å²) in [4.78, 5) is 7.51. The zero-order valence-electron chi connectivity index (χ0n) is 22.2. The van der Waals surface area contributed by atoms with E-state index in [-0.39, 0.29) is 0 Å². The largest absolute Gasteiger partial charge is 0.387 e. The van der Waals surface area contributed by atoms with Gasteiger partial charge in [-0.15, -0.1) is 0 Å². The Bertz CT molecular complexity index is 818. The first kappa shape index (κ1) is 27.1. The van der Waals surface area contributed by atoms with E-state index in [0.717, 1.165) is 43.6 Å². The van der Waals surface area contributed by atoms with Gasteiger partial charge < -0.3 is 10.0 Å². The highest BCUT2D eigenvalue weighted by Gasteiger charge is 2.16. The van der Waals surface area contributed by atoms with Gasteiger partial charge in [0.15, 0.2) is 0 Å². The minimum atomic E-state index is -0.442. The van der Waals surface area contributed by atoms with Crippen LogP contribution in [0.3, 0.4) is 0 Å². The second-order valence-corrected chi connectivity index (χ2v) is 10.6. The van der Waals surface area contributed by atoms with Gasteiger partial charge in [0.2, 0.25) is 0 Å². The maximum Gasteiger partial charge on any atom is 0.0917 e. The lowest BCUT2D eigenvalue weighted by Gasteiger charge is -2.25. The van der Waals surface area contributed by atoms with Crippen LogP contribution >= 0.6 is 0 Å². The van der Waals surface area contributed by atoms with Crippen molar-refractivity contribution in [2.24, 2.45) is 0 Å². The molecule has 3 nitrogen and oxygen atoms in total. The molecule has 1 heterocycles. The van der Waals surface area contributed by atoms with Gasteiger partial charge >= 0.3 is 0 Å². The summed E-state index contributed by atoms with van der Waals surface area (Å²) in [6, 6.07) is 8.76. The summed E-state index contributed by atoms with van der Waals surface area (Å²) in [7, 11) is 0. The van der Waals surface area contributed by atoms with Crippen molar-refractivity contribution in [3.8, 4) is 0 Å². The van der Waals surface area contributed by atoms with Gasteiger partial charge in [-0.3, -0.25) is 4.98 Å². The highest BCUT2D eigenvalue weighted by Crippen LogP contribution is 2.26. The predicted molar refractivity (Wildman–Crippen MR) is 147 cm³/mol. The van der Waals surface area contributed by atoms with Crippen LogP contribution in [0, 0.1) is 0 Å². The van der Waals surface area contributed by atoms with Gasteiger partial charge in [0.1, 0.15) is 0 Å². The van der Waals surface area contributed by atoms with Gasteiger partial charge in [0.05, 0.1) is 11.6 Å². The lowest BCUT2D eigenvalue weighted by molar-refractivity contribution is 0.110. The standard InChI is InChI=1S/C31H50N2O/c1-3-5-7-9-11-15-21-33(22-16-12-10-8-6-4-2)25-31(34)28-20-19-27-23-26-17-13-14-18-29(26)32-30(27)24-28/h19-20,23-24,31,34H,3-18,21-22,25H2,1-2H3/t31-/m1/s1. The Kier molecular flexibility index (Phi) is 12.4. The Balaban J connectivity index is 1.56. The third kappa shape index (κ3) is 8.96. The zero-order chi connectivity index (χ0) is 24.0. The molecule has 0 radical (unpaired) electrons. The molecule has 1 atom stereocenters. The number of aliphatic hydroxyl groups excluding tert-OH is 1. The average Bonchev–Trinajstić information content (AvgIpc) is 2.86. The van der Waals surface area contributed by atoms with Crippen molar-refractivity contribution in [3.63, 3.8) is 0 Å². The number of unbranched alkanes of at least 4 members (excludes halogenated alkanes) is 10. The molecule has 1 aromatic carbocycles. The first-order valence-electron chi connectivity index (χ1n) is 14.5. The van der Waals surface area contributed by atoms with Crippen LogP contribution in [-0.2, 0) is 12.8 Å². The Morgan fingerprint density at radius 2 is 1.41 bits per heavy atom. The number of nitrogens with zero attached hydrogens (tertiary/aromatic N) is 2. The topological polar surface area (TPSA) is 36.4 Å². The smallest absolute Gasteiger partial charge is 0.0917 e. The molecule has 1 N–H and O–H groups in total. The monoisotopic (exact) mass is 466 g/mol. The van der Waals surface area contributed by atoms with E-state index >= 15 is 0 Å². The van der Waals surface area contributed by atoms with E-state index in [1.54, 1.807) is 0 Å². The van der Waals surface area contributed by atoms with E-state index in [0.29, 0.717) is 0 Å². The van der Waals surface area contributed by atoms with Crippen molar-refractivity contribution in [2.45, 2.75) is 123 Å². The molecule has 0 saturated carbocycles. The number of hydrogen-bond acceptors (Lipinski definition) is 3. The maximum absolute atomic E-state index is 11.2. The molecule has 1 aliphatic carbocycles. The van der Waals surface area contributed by atoms with Crippen LogP contribution in [0.1, 0.15) is 127 Å². The summed E-state index contributed by atoms with van der Waals surface area (Å²) in [5.74, 6) is 0. The van der Waals surface area contributed by atoms with E-state index in [2.05, 4.69) is 43.0 Å². The molecule has 0 spiro atoms. The summed E-state index contributed by atoms with van der Waals surface area (Å²) >= 11 is 0. The van der Waals surface area contributed by atoms with E-state index < -0.39 is 6.10 Å². The molecule has 0 fully saturated rings. The molecular formula is C31H50N2O. The van der Waals surface area contributed by atoms with E-state index in [4.69, 9.17) is 4.98 Å². The van der Waals surface area contributed by atoms with Gasteiger partial charge in [-0.2, -0.15) is 0 Å². The second-order valence-electron chi connectivity index (χ2n) is 10.6. The SMILES string of the molecule is CCCCCCCCN(CCCCCCCC)C[C@@H](O)c1ccc2cc3c(nc2c1)CCCC3. The normalized spacial score (nSPS) is 14.6. The molecule has 0 amide bonds. The molecule has 34 heavy (non-hydrogen) atoms. The van der Waals surface area contributed by atoms with Crippen molar-refractivity contribution >= 4 is 10.9 Å². The quantitative estimate of drug-likeness (QED) is 0.239. The van der Waals surface area contributed by atoms with Crippen LogP contribution in [0.4, 0.5) is 0 Å². The number of fused-ring (bicyclic) bond motifs is 2. The fourth-order valence-electron chi connectivity index (χ4n) is 5.39. The fourth-order valence-corrected chi connectivity index (χ4v) is 5.39. The number of hydrogen-bond donors (Lipinski definition) is 1. The predicted octanol–water partition coefficient (Wildman–Crippen LogP) is 8.17. The van der Waals surface area contributed by atoms with Crippen molar-refractivity contribution in [1.82, 2.24) is 9.88 Å². The van der Waals surface area contributed by atoms with Gasteiger partial charge in [-0.25, -0.2) is 0 Å². The van der Waals surface area contributed by atoms with E-state index in [1.165, 1.54) is 107 Å². The van der Waals surface area contributed by atoms with Crippen LogP contribution in [0.25, 0.3) is 10.9 Å². The van der Waals surface area contributed by atoms with Crippen LogP contribution < -0.4 is 0 Å². The van der Waals surface area contributed by atoms with Gasteiger partial charge in [-0.05, 0) is 74.9 Å². The number of rotatable bonds is 17. The van der Waals surface area contributed by atoms with Crippen molar-refractivity contribution in [3.05, 3.63) is 41.1 Å². The molecule has 0 saturated heterocycles. The minimum Gasteiger partial charge on any atom is -0.387 e. The second kappa shape index (κ2) is 15.5. The van der Waals surface area contributed by atoms with E-state index in [1.807, 2.05) is 0 Å². The molecule has 3 rings (SSSR count). The number of pyridine rings is 1. The lowest BCUT2D eigenvalue weighted by Crippen LogP contribution is -2.31. The summed E-state index contributed by atoms with van der Waals surface area (Å²) in [5.41, 5.74) is 4.77. The maximum atomic E-state index is 11.2. The van der Waals surface area contributed by atoms with Crippen LogP contribution in [0.15, 0.2) is 24.3 Å². The third-order valence-electron chi connectivity index (χ3n) is 7.59. The van der Waals surface area contributed by atoms with E-state index in [9.17, 15) is 5.11 Å². The lowest BCUT2D eigenvalue weighted by atomic mass is 9.94. The Hall–Kier alpha value is -1.45. The first-order valence-corrected chi connectivity index (χ1v) is 14.5. The molecule has 2 aromatic rings. The highest BCUT2D eigenvalue weighted by atomic mass is 16.3. The van der Waals surface area contributed by atoms with Gasteiger partial charge in [0, 0.05) is 17.6 Å². The molecule has 0 unspecified atom stereocenters. The first-order chi connectivity index (χ1) is 16.7. The number of benzene rings is 1. The van der Waals surface area contributed by atoms with Crippen LogP contribution in [-0.4, -0.2) is 34.6 Å². The number of aryl methyl sites for hydroxylation is 2. The average molecular weight is 467 g/mol. The van der Waals surface area contributed by atoms with Crippen molar-refractivity contribution < 1.29 is 5.11 Å². The Morgan fingerprint density at radius 3 is 2.09 bits per heavy atom. The third-order valence-corrected chi connectivity index (χ3v) is 7.59. The summed E-state index contributed by atoms with van der Waals surface area (Å²) < 4.78 is 0. The number of aliphatic hydroxyl groups is 1. The molecule has 1 aromatic heterocycles. The number of aromatic nitrogens is 1. The molecule has 0 bridgehead atoms. The van der Waals surface area contributed by atoms with Gasteiger partial charge in [-0.1, -0.05) is 90.2 Å². The zero-order valence-corrected chi connectivity index (χ0v) is 22.2. The molecule has 1 aliphatic rings. The molecule has 190 valence electrons. The molecular weight excluding hydrogens is 416 g/mol. The van der Waals surface area contributed by atoms with Crippen molar-refractivity contribution in [1.29, 1.82) is 0 Å². The molecule has 3 heteroatoms. The molecule has 0 aliphatic heterocycles. The Morgan fingerprint density at radius 1 is 0.794 bits per heavy atom. The summed E-state index contributed by atoms with van der Waals surface area (Å²) in [5, 5.41) is 12.4. The summed E-state index contributed by atoms with van der Waals surface area (Å²) in [6.45, 7) is 7.51. The van der Waals surface area contributed by atoms with Crippen molar-refractivity contribution in [2.75, 3.05) is 19.6 Å². The Labute approximate surface area is 209 Å². The van der Waals surface area contributed by atoms with Crippen LogP contribution in [0.2, 0.25) is 0 Å². The van der Waals surface area contributed by atoms with Crippen LogP contribution in [0.5, 0.6) is 0 Å². The van der Waals surface area contributed by atoms with Gasteiger partial charge in [0.25, 0.3) is 0 Å². The minimum absolute atomic E-state index is 0.442.